The van der Waals surface area contributed by atoms with Gasteiger partial charge in [0.15, 0.2) is 11.5 Å². The van der Waals surface area contributed by atoms with E-state index in [0.717, 1.165) is 18.4 Å². The van der Waals surface area contributed by atoms with Crippen molar-refractivity contribution in [3.05, 3.63) is 54.1 Å². The third-order valence-corrected chi connectivity index (χ3v) is 4.26. The molecule has 1 saturated carbocycles. The molecule has 6 nitrogen and oxygen atoms in total. The van der Waals surface area contributed by atoms with E-state index in [2.05, 4.69) is 10.6 Å². The van der Waals surface area contributed by atoms with E-state index in [0.29, 0.717) is 29.5 Å². The van der Waals surface area contributed by atoms with Crippen LogP contribution in [-0.2, 0) is 9.59 Å². The van der Waals surface area contributed by atoms with Crippen LogP contribution < -0.4 is 20.1 Å². The molecule has 2 aromatic rings. The third-order valence-electron chi connectivity index (χ3n) is 4.26. The monoisotopic (exact) mass is 380 g/mol. The predicted octanol–water partition coefficient (Wildman–Crippen LogP) is 4.09. The Labute approximate surface area is 164 Å². The molecule has 146 valence electrons. The van der Waals surface area contributed by atoms with Crippen LogP contribution in [0.15, 0.2) is 48.5 Å². The lowest BCUT2D eigenvalue weighted by Crippen LogP contribution is -2.14. The van der Waals surface area contributed by atoms with Crippen LogP contribution in [-0.4, -0.2) is 25.5 Å². The Bertz CT molecular complexity index is 888. The maximum Gasteiger partial charge on any atom is 0.248 e. The molecule has 0 saturated heterocycles. The van der Waals surface area contributed by atoms with E-state index in [4.69, 9.17) is 9.47 Å². The summed E-state index contributed by atoms with van der Waals surface area (Å²) < 4.78 is 10.8. The van der Waals surface area contributed by atoms with Crippen molar-refractivity contribution in [3.63, 3.8) is 0 Å². The number of amides is 2. The molecule has 1 aliphatic carbocycles. The highest BCUT2D eigenvalue weighted by molar-refractivity contribution is 6.02. The molecule has 2 amide bonds. The van der Waals surface area contributed by atoms with E-state index in [-0.39, 0.29) is 17.7 Å². The first-order valence-electron chi connectivity index (χ1n) is 9.30. The van der Waals surface area contributed by atoms with Crippen LogP contribution in [0.1, 0.15) is 25.3 Å². The zero-order valence-corrected chi connectivity index (χ0v) is 16.0. The predicted molar refractivity (Wildman–Crippen MR) is 110 cm³/mol. The summed E-state index contributed by atoms with van der Waals surface area (Å²) in [4.78, 5) is 24.1. The second-order valence-corrected chi connectivity index (χ2v) is 6.51. The van der Waals surface area contributed by atoms with Crippen LogP contribution in [0.3, 0.4) is 0 Å². The molecule has 6 heteroatoms. The van der Waals surface area contributed by atoms with E-state index in [1.54, 1.807) is 43.5 Å². The number of ether oxygens (including phenoxy) is 2. The Morgan fingerprint density at radius 3 is 2.50 bits per heavy atom. The fourth-order valence-electron chi connectivity index (χ4n) is 2.69. The second-order valence-electron chi connectivity index (χ2n) is 6.51. The van der Waals surface area contributed by atoms with Crippen molar-refractivity contribution in [1.29, 1.82) is 0 Å². The Morgan fingerprint density at radius 2 is 1.82 bits per heavy atom. The molecule has 0 heterocycles. The van der Waals surface area contributed by atoms with Crippen LogP contribution in [0.4, 0.5) is 11.4 Å². The molecule has 0 aromatic heterocycles. The number of methoxy groups -OCH3 is 1. The van der Waals surface area contributed by atoms with Gasteiger partial charge in [-0.2, -0.15) is 0 Å². The lowest BCUT2D eigenvalue weighted by atomic mass is 10.2. The molecule has 0 spiro atoms. The number of nitrogens with one attached hydrogen (secondary N) is 2. The third kappa shape index (κ3) is 5.36. The van der Waals surface area contributed by atoms with Gasteiger partial charge in [0.25, 0.3) is 0 Å². The number of carbonyl (C=O) groups excluding carboxylic acids is 2. The van der Waals surface area contributed by atoms with E-state index in [9.17, 15) is 9.59 Å². The van der Waals surface area contributed by atoms with Gasteiger partial charge in [0.05, 0.1) is 13.7 Å². The van der Waals surface area contributed by atoms with Gasteiger partial charge in [0, 0.05) is 23.4 Å². The summed E-state index contributed by atoms with van der Waals surface area (Å²) in [7, 11) is 1.59. The molecule has 0 radical (unpaired) electrons. The molecule has 28 heavy (non-hydrogen) atoms. The minimum Gasteiger partial charge on any atom is -0.493 e. The SMILES string of the molecule is CCOc1cc(/C=C/C(=O)Nc2cccc(NC(=O)C3CC3)c2)ccc1OC. The van der Waals surface area contributed by atoms with Gasteiger partial charge in [-0.1, -0.05) is 12.1 Å². The zero-order chi connectivity index (χ0) is 19.9. The fourth-order valence-corrected chi connectivity index (χ4v) is 2.69. The van der Waals surface area contributed by atoms with Crippen molar-refractivity contribution in [1.82, 2.24) is 0 Å². The fraction of sp³-hybridized carbons (Fsp3) is 0.273. The molecule has 2 aromatic carbocycles. The molecule has 1 fully saturated rings. The van der Waals surface area contributed by atoms with E-state index >= 15 is 0 Å². The first-order valence-corrected chi connectivity index (χ1v) is 9.30. The molecule has 3 rings (SSSR count). The molecule has 0 bridgehead atoms. The minimum atomic E-state index is -0.264. The molecule has 1 aliphatic rings. The summed E-state index contributed by atoms with van der Waals surface area (Å²) in [6, 6.07) is 12.6. The van der Waals surface area contributed by atoms with Crippen LogP contribution >= 0.6 is 0 Å². The van der Waals surface area contributed by atoms with Crippen LogP contribution in [0.25, 0.3) is 6.08 Å². The summed E-state index contributed by atoms with van der Waals surface area (Å²) in [6.45, 7) is 2.42. The molecule has 0 atom stereocenters. The van der Waals surface area contributed by atoms with Crippen LogP contribution in [0.5, 0.6) is 11.5 Å². The van der Waals surface area contributed by atoms with Crippen molar-refractivity contribution in [2.75, 3.05) is 24.4 Å². The minimum absolute atomic E-state index is 0.0352. The standard InChI is InChI=1S/C22H24N2O4/c1-3-28-20-13-15(7-11-19(20)27-2)8-12-21(25)23-17-5-4-6-18(14-17)24-22(26)16-9-10-16/h4-8,11-14,16H,3,9-10H2,1-2H3,(H,23,25)(H,24,26)/b12-8+. The van der Waals surface area contributed by atoms with Gasteiger partial charge in [-0.25, -0.2) is 0 Å². The van der Waals surface area contributed by atoms with Gasteiger partial charge in [-0.15, -0.1) is 0 Å². The number of hydrogen-bond acceptors (Lipinski definition) is 4. The van der Waals surface area contributed by atoms with Gasteiger partial charge >= 0.3 is 0 Å². The average molecular weight is 380 g/mol. The lowest BCUT2D eigenvalue weighted by Gasteiger charge is -2.09. The average Bonchev–Trinajstić information content (AvgIpc) is 3.52. The van der Waals surface area contributed by atoms with Gasteiger partial charge < -0.3 is 20.1 Å². The first-order chi connectivity index (χ1) is 13.6. The molecular formula is C22H24N2O4. The van der Waals surface area contributed by atoms with Crippen molar-refractivity contribution in [2.45, 2.75) is 19.8 Å². The normalized spacial score (nSPS) is 13.2. The van der Waals surface area contributed by atoms with E-state index in [1.807, 2.05) is 19.1 Å². The van der Waals surface area contributed by atoms with Gasteiger partial charge in [0.1, 0.15) is 0 Å². The Kier molecular flexibility index (Phi) is 6.32. The highest BCUT2D eigenvalue weighted by Crippen LogP contribution is 2.30. The largest absolute Gasteiger partial charge is 0.493 e. The van der Waals surface area contributed by atoms with Gasteiger partial charge in [-0.3, -0.25) is 9.59 Å². The molecule has 0 aliphatic heterocycles. The number of rotatable bonds is 8. The maximum absolute atomic E-state index is 12.2. The number of carbonyl (C=O) groups is 2. The number of anilines is 2. The van der Waals surface area contributed by atoms with Gasteiger partial charge in [-0.05, 0) is 61.7 Å². The smallest absolute Gasteiger partial charge is 0.248 e. The maximum atomic E-state index is 12.2. The molecule has 0 unspecified atom stereocenters. The Morgan fingerprint density at radius 1 is 1.07 bits per heavy atom. The highest BCUT2D eigenvalue weighted by Gasteiger charge is 2.29. The van der Waals surface area contributed by atoms with Crippen molar-refractivity contribution in [2.24, 2.45) is 5.92 Å². The van der Waals surface area contributed by atoms with Crippen molar-refractivity contribution >= 4 is 29.3 Å². The second kappa shape index (κ2) is 9.08. The van der Waals surface area contributed by atoms with E-state index in [1.165, 1.54) is 6.08 Å². The summed E-state index contributed by atoms with van der Waals surface area (Å²) in [5.74, 6) is 1.18. The first kappa shape index (κ1) is 19.5. The molecule has 2 N–H and O–H groups in total. The van der Waals surface area contributed by atoms with Crippen molar-refractivity contribution in [3.8, 4) is 11.5 Å². The van der Waals surface area contributed by atoms with Gasteiger partial charge in [0.2, 0.25) is 11.8 Å². The quantitative estimate of drug-likeness (QED) is 0.676. The van der Waals surface area contributed by atoms with Crippen molar-refractivity contribution < 1.29 is 19.1 Å². The summed E-state index contributed by atoms with van der Waals surface area (Å²) in [5, 5.41) is 5.67. The van der Waals surface area contributed by atoms with Crippen LogP contribution in [0.2, 0.25) is 0 Å². The summed E-state index contributed by atoms with van der Waals surface area (Å²) in [6.07, 6.45) is 5.05. The zero-order valence-electron chi connectivity index (χ0n) is 16.0. The number of hydrogen-bond donors (Lipinski definition) is 2. The summed E-state index contributed by atoms with van der Waals surface area (Å²) >= 11 is 0. The lowest BCUT2D eigenvalue weighted by molar-refractivity contribution is -0.117. The van der Waals surface area contributed by atoms with Crippen LogP contribution in [0, 0.1) is 5.92 Å². The summed E-state index contributed by atoms with van der Waals surface area (Å²) in [5.41, 5.74) is 2.12. The Balaban J connectivity index is 1.62. The Hall–Kier alpha value is -3.28. The van der Waals surface area contributed by atoms with E-state index < -0.39 is 0 Å². The molecular weight excluding hydrogens is 356 g/mol. The number of benzene rings is 2. The highest BCUT2D eigenvalue weighted by atomic mass is 16.5. The topological polar surface area (TPSA) is 76.7 Å².